The molecule has 7 rings (SSSR count). The van der Waals surface area contributed by atoms with Gasteiger partial charge in [-0.2, -0.15) is 5.10 Å². The van der Waals surface area contributed by atoms with Crippen molar-refractivity contribution in [3.8, 4) is 0 Å². The molecular weight excluding hydrogens is 590 g/mol. The van der Waals surface area contributed by atoms with Gasteiger partial charge in [0.15, 0.2) is 0 Å². The van der Waals surface area contributed by atoms with E-state index < -0.39 is 24.5 Å². The zero-order valence-electron chi connectivity index (χ0n) is 25.8. The number of hydrogen-bond acceptors (Lipinski definition) is 7. The number of nitrogens with zero attached hydrogens (tertiary/aromatic N) is 7. The van der Waals surface area contributed by atoms with Gasteiger partial charge in [0.05, 0.1) is 18.5 Å². The molecule has 0 saturated carbocycles. The molecule has 2 aromatic rings. The van der Waals surface area contributed by atoms with Gasteiger partial charge >= 0.3 is 0 Å². The van der Waals surface area contributed by atoms with Gasteiger partial charge in [-0.15, -0.1) is 0 Å². The summed E-state index contributed by atoms with van der Waals surface area (Å²) in [6.45, 7) is 11.5. The molecule has 5 unspecified atom stereocenters. The van der Waals surface area contributed by atoms with E-state index in [-0.39, 0.29) is 30.3 Å². The van der Waals surface area contributed by atoms with E-state index in [4.69, 9.17) is 4.74 Å². The average Bonchev–Trinajstić information content (AvgIpc) is 3.35. The first-order valence-electron chi connectivity index (χ1n) is 16.1. The molecule has 5 aliphatic rings. The van der Waals surface area contributed by atoms with E-state index in [2.05, 4.69) is 31.4 Å². The van der Waals surface area contributed by atoms with Gasteiger partial charge < -0.3 is 19.4 Å². The Morgan fingerprint density at radius 3 is 2.60 bits per heavy atom. The molecule has 7 heterocycles. The Bertz CT molecular complexity index is 1460. The highest BCUT2D eigenvalue weighted by atomic mass is 19.3. The molecule has 9 nitrogen and oxygen atoms in total. The predicted octanol–water partition coefficient (Wildman–Crippen LogP) is 4.47. The third-order valence-electron chi connectivity index (χ3n) is 10.8. The molecule has 5 aliphatic heterocycles. The molecular formula is C32H41F4N7O2. The number of amides is 1. The number of fused-ring (bicyclic) bond motifs is 5. The monoisotopic (exact) mass is 631 g/mol. The van der Waals surface area contributed by atoms with Crippen LogP contribution in [0, 0.1) is 6.92 Å². The quantitative estimate of drug-likeness (QED) is 0.357. The zero-order chi connectivity index (χ0) is 31.6. The maximum absolute atomic E-state index is 14.6. The van der Waals surface area contributed by atoms with Crippen molar-refractivity contribution in [2.45, 2.75) is 88.6 Å². The average molecular weight is 632 g/mol. The highest BCUT2D eigenvalue weighted by molar-refractivity contribution is 5.87. The highest BCUT2D eigenvalue weighted by Crippen LogP contribution is 2.48. The second-order valence-electron chi connectivity index (χ2n) is 13.2. The van der Waals surface area contributed by atoms with Crippen LogP contribution in [0.25, 0.3) is 0 Å². The summed E-state index contributed by atoms with van der Waals surface area (Å²) in [5.74, 6) is 0.484. The Labute approximate surface area is 260 Å². The summed E-state index contributed by atoms with van der Waals surface area (Å²) in [7, 11) is 0. The minimum atomic E-state index is -2.70. The summed E-state index contributed by atoms with van der Waals surface area (Å²) in [6.07, 6.45) is 1.000. The maximum atomic E-state index is 14.6. The van der Waals surface area contributed by atoms with Crippen molar-refractivity contribution in [3.05, 3.63) is 47.4 Å². The highest BCUT2D eigenvalue weighted by Gasteiger charge is 2.50. The number of halogens is 4. The standard InChI is InChI=1S/C32H41F4N7O2/c1-4-27(44)40-12-10-39(11-13-40)24-17-42-22(24)7-5-6-21-23(42)14-26(38-28(21)31(35)36)41-9-8-32(15-20(41)3)29-19(2)16-37-43(29)25(18-45-32)30(33)34/h4,14,16,20,22,24-25,30-31H,1,5-13,15,17-18H2,2-3H3. The van der Waals surface area contributed by atoms with Gasteiger partial charge in [0.2, 0.25) is 5.91 Å². The number of pyridine rings is 1. The molecule has 0 aliphatic carbocycles. The molecule has 0 radical (unpaired) electrons. The number of alkyl halides is 4. The number of piperazine rings is 1. The van der Waals surface area contributed by atoms with Gasteiger partial charge in [0, 0.05) is 81.1 Å². The normalized spacial score (nSPS) is 30.2. The summed E-state index contributed by atoms with van der Waals surface area (Å²) in [5.41, 5.74) is 2.09. The number of ether oxygens (including phenoxy) is 1. The first-order chi connectivity index (χ1) is 21.6. The van der Waals surface area contributed by atoms with Gasteiger partial charge in [-0.3, -0.25) is 14.4 Å². The van der Waals surface area contributed by atoms with Crippen molar-refractivity contribution in [1.29, 1.82) is 0 Å². The van der Waals surface area contributed by atoms with E-state index in [0.29, 0.717) is 62.0 Å². The molecule has 0 bridgehead atoms. The van der Waals surface area contributed by atoms with Crippen molar-refractivity contribution in [3.63, 3.8) is 0 Å². The van der Waals surface area contributed by atoms with Crippen LogP contribution in [0.1, 0.15) is 67.6 Å². The molecule has 1 spiro atoms. The van der Waals surface area contributed by atoms with Crippen LogP contribution in [-0.4, -0.2) is 101 Å². The van der Waals surface area contributed by atoms with Gasteiger partial charge in [-0.1, -0.05) is 6.58 Å². The first kappa shape index (κ1) is 30.5. The van der Waals surface area contributed by atoms with Crippen LogP contribution in [0.15, 0.2) is 24.9 Å². The van der Waals surface area contributed by atoms with Crippen molar-refractivity contribution in [1.82, 2.24) is 24.6 Å². The molecule has 0 N–H and O–H groups in total. The fourth-order valence-electron chi connectivity index (χ4n) is 8.54. The van der Waals surface area contributed by atoms with Gasteiger partial charge in [-0.05, 0) is 51.2 Å². The molecule has 1 amide bonds. The summed E-state index contributed by atoms with van der Waals surface area (Å²) in [4.78, 5) is 25.3. The lowest BCUT2D eigenvalue weighted by Crippen LogP contribution is -2.69. The summed E-state index contributed by atoms with van der Waals surface area (Å²) in [5, 5.41) is 4.29. The SMILES string of the molecule is C=CC(=O)N1CCN(C2CN3c4cc(N5CCC6(CC5C)OCC(C(F)F)n5ncc(C)c56)nc(C(F)F)c4CCCC23)CC1. The summed E-state index contributed by atoms with van der Waals surface area (Å²) in [6, 6.07) is 1.26. The fourth-order valence-corrected chi connectivity index (χ4v) is 8.54. The molecule has 3 fully saturated rings. The number of anilines is 2. The summed E-state index contributed by atoms with van der Waals surface area (Å²) < 4.78 is 64.5. The number of carbonyl (C=O) groups excluding carboxylic acids is 1. The van der Waals surface area contributed by atoms with Gasteiger partial charge in [0.25, 0.3) is 12.9 Å². The largest absolute Gasteiger partial charge is 0.366 e. The molecule has 45 heavy (non-hydrogen) atoms. The van der Waals surface area contributed by atoms with Crippen LogP contribution in [-0.2, 0) is 21.6 Å². The van der Waals surface area contributed by atoms with Gasteiger partial charge in [-0.25, -0.2) is 22.5 Å². The van der Waals surface area contributed by atoms with Crippen molar-refractivity contribution in [2.75, 3.05) is 55.7 Å². The lowest BCUT2D eigenvalue weighted by Gasteiger charge is -2.55. The lowest BCUT2D eigenvalue weighted by atomic mass is 9.81. The van der Waals surface area contributed by atoms with E-state index >= 15 is 0 Å². The second kappa shape index (κ2) is 11.6. The topological polar surface area (TPSA) is 70.0 Å². The second-order valence-corrected chi connectivity index (χ2v) is 13.2. The predicted molar refractivity (Wildman–Crippen MR) is 161 cm³/mol. The van der Waals surface area contributed by atoms with E-state index in [1.54, 1.807) is 6.20 Å². The summed E-state index contributed by atoms with van der Waals surface area (Å²) >= 11 is 0. The van der Waals surface area contributed by atoms with Crippen LogP contribution >= 0.6 is 0 Å². The lowest BCUT2D eigenvalue weighted by molar-refractivity contribution is -0.134. The van der Waals surface area contributed by atoms with Crippen LogP contribution < -0.4 is 9.80 Å². The van der Waals surface area contributed by atoms with Crippen LogP contribution in [0.2, 0.25) is 0 Å². The van der Waals surface area contributed by atoms with E-state index in [1.807, 2.05) is 24.8 Å². The van der Waals surface area contributed by atoms with Gasteiger partial charge in [0.1, 0.15) is 23.2 Å². The molecule has 13 heteroatoms. The zero-order valence-corrected chi connectivity index (χ0v) is 25.8. The number of piperidine rings is 1. The molecule has 244 valence electrons. The van der Waals surface area contributed by atoms with Crippen molar-refractivity contribution >= 4 is 17.4 Å². The minimum absolute atomic E-state index is 0.0427. The Hall–Kier alpha value is -3.19. The third kappa shape index (κ3) is 5.01. The van der Waals surface area contributed by atoms with E-state index in [9.17, 15) is 22.4 Å². The number of aryl methyl sites for hydroxylation is 1. The number of hydrogen-bond donors (Lipinski definition) is 0. The molecule has 0 aromatic carbocycles. The Morgan fingerprint density at radius 2 is 1.91 bits per heavy atom. The molecule has 5 atom stereocenters. The Kier molecular flexibility index (Phi) is 7.82. The van der Waals surface area contributed by atoms with E-state index in [1.165, 1.54) is 10.8 Å². The Balaban J connectivity index is 1.13. The Morgan fingerprint density at radius 1 is 1.13 bits per heavy atom. The van der Waals surface area contributed by atoms with E-state index in [0.717, 1.165) is 43.7 Å². The molecule has 2 aromatic heterocycles. The first-order valence-corrected chi connectivity index (χ1v) is 16.1. The number of rotatable bonds is 5. The number of carbonyl (C=O) groups is 1. The minimum Gasteiger partial charge on any atom is -0.366 e. The van der Waals surface area contributed by atoms with Crippen molar-refractivity contribution in [2.24, 2.45) is 0 Å². The third-order valence-corrected chi connectivity index (χ3v) is 10.8. The van der Waals surface area contributed by atoms with Crippen molar-refractivity contribution < 1.29 is 27.1 Å². The smallest absolute Gasteiger partial charge is 0.280 e. The van der Waals surface area contributed by atoms with Crippen LogP contribution in [0.5, 0.6) is 0 Å². The van der Waals surface area contributed by atoms with Crippen LogP contribution in [0.3, 0.4) is 0 Å². The maximum Gasteiger partial charge on any atom is 0.280 e. The molecule has 3 saturated heterocycles. The fraction of sp³-hybridized carbons (Fsp3) is 0.656. The van der Waals surface area contributed by atoms with Crippen LogP contribution in [0.4, 0.5) is 29.1 Å². The number of aromatic nitrogens is 3.